The van der Waals surface area contributed by atoms with Crippen LogP contribution in [0, 0.1) is 0 Å². The van der Waals surface area contributed by atoms with E-state index in [0.717, 1.165) is 24.8 Å². The lowest BCUT2D eigenvalue weighted by molar-refractivity contribution is 0.0927. The van der Waals surface area contributed by atoms with E-state index in [4.69, 9.17) is 16.0 Å². The summed E-state index contributed by atoms with van der Waals surface area (Å²) in [6, 6.07) is 7.59. The third kappa shape index (κ3) is 4.49. The fourth-order valence-electron chi connectivity index (χ4n) is 2.16. The summed E-state index contributed by atoms with van der Waals surface area (Å²) in [5.74, 6) is 0.154. The smallest absolute Gasteiger partial charge is 0.287 e. The van der Waals surface area contributed by atoms with Gasteiger partial charge in [0.15, 0.2) is 5.76 Å². The Bertz CT molecular complexity index is 637. The molecule has 0 fully saturated rings. The van der Waals surface area contributed by atoms with Crippen LogP contribution in [0.4, 0.5) is 0 Å². The number of unbranched alkanes of at least 4 members (excludes halogenated alkanes) is 1. The Hall–Kier alpha value is -1.52. The van der Waals surface area contributed by atoms with Gasteiger partial charge in [0.1, 0.15) is 5.58 Å². The molecule has 1 amide bonds. The van der Waals surface area contributed by atoms with E-state index in [-0.39, 0.29) is 5.91 Å². The molecule has 4 nitrogen and oxygen atoms in total. The Balaban J connectivity index is 1.79. The first-order chi connectivity index (χ1) is 10.5. The first kappa shape index (κ1) is 16.8. The molecule has 0 radical (unpaired) electrons. The van der Waals surface area contributed by atoms with Gasteiger partial charge in [0, 0.05) is 23.0 Å². The molecule has 0 aliphatic heterocycles. The average Bonchev–Trinajstić information content (AvgIpc) is 2.89. The van der Waals surface area contributed by atoms with E-state index in [1.54, 1.807) is 24.3 Å². The second-order valence-electron chi connectivity index (χ2n) is 5.83. The minimum Gasteiger partial charge on any atom is -0.451 e. The van der Waals surface area contributed by atoms with Crippen LogP contribution in [0.5, 0.6) is 0 Å². The molecule has 5 heteroatoms. The molecule has 1 aromatic carbocycles. The van der Waals surface area contributed by atoms with Gasteiger partial charge in [-0.15, -0.1) is 0 Å². The molecule has 0 unspecified atom stereocenters. The zero-order valence-electron chi connectivity index (χ0n) is 13.4. The molecule has 22 heavy (non-hydrogen) atoms. The summed E-state index contributed by atoms with van der Waals surface area (Å²) in [5.41, 5.74) is 0.674. The fraction of sp³-hybridized carbons (Fsp3) is 0.471. The van der Waals surface area contributed by atoms with Crippen molar-refractivity contribution in [1.82, 2.24) is 10.2 Å². The van der Waals surface area contributed by atoms with Crippen LogP contribution in [0.1, 0.15) is 37.2 Å². The number of hydrogen-bond acceptors (Lipinski definition) is 3. The molecular weight excluding hydrogens is 300 g/mol. The molecule has 120 valence electrons. The number of rotatable bonds is 7. The first-order valence-electron chi connectivity index (χ1n) is 7.65. The Kier molecular flexibility index (Phi) is 5.86. The minimum absolute atomic E-state index is 0.176. The van der Waals surface area contributed by atoms with Crippen LogP contribution in [-0.4, -0.2) is 37.0 Å². The van der Waals surface area contributed by atoms with Gasteiger partial charge in [0.05, 0.1) is 0 Å². The highest BCUT2D eigenvalue weighted by molar-refractivity contribution is 6.31. The molecule has 1 heterocycles. The van der Waals surface area contributed by atoms with Crippen LogP contribution >= 0.6 is 11.6 Å². The number of carbonyl (C=O) groups is 1. The maximum Gasteiger partial charge on any atom is 0.287 e. The van der Waals surface area contributed by atoms with Crippen LogP contribution in [0.15, 0.2) is 28.7 Å². The molecule has 0 aliphatic carbocycles. The fourth-order valence-corrected chi connectivity index (χ4v) is 2.34. The van der Waals surface area contributed by atoms with Crippen LogP contribution < -0.4 is 5.32 Å². The van der Waals surface area contributed by atoms with E-state index in [9.17, 15) is 4.79 Å². The number of nitrogens with one attached hydrogen (secondary N) is 1. The number of benzene rings is 1. The summed E-state index contributed by atoms with van der Waals surface area (Å²) >= 11 is 5.93. The zero-order valence-corrected chi connectivity index (χ0v) is 14.1. The van der Waals surface area contributed by atoms with Crippen molar-refractivity contribution >= 4 is 28.5 Å². The highest BCUT2D eigenvalue weighted by Crippen LogP contribution is 2.22. The quantitative estimate of drug-likeness (QED) is 0.785. The zero-order chi connectivity index (χ0) is 16.1. The summed E-state index contributed by atoms with van der Waals surface area (Å²) in [5, 5.41) is 4.37. The van der Waals surface area contributed by atoms with Crippen LogP contribution in [0.2, 0.25) is 5.02 Å². The molecule has 0 atom stereocenters. The average molecular weight is 323 g/mol. The number of carbonyl (C=O) groups excluding carboxylic acids is 1. The summed E-state index contributed by atoms with van der Waals surface area (Å²) < 4.78 is 5.53. The highest BCUT2D eigenvalue weighted by atomic mass is 35.5. The third-order valence-electron chi connectivity index (χ3n) is 3.81. The Morgan fingerprint density at radius 1 is 1.32 bits per heavy atom. The van der Waals surface area contributed by atoms with Gasteiger partial charge in [0.25, 0.3) is 5.91 Å². The minimum atomic E-state index is -0.176. The maximum atomic E-state index is 12.1. The standard InChI is InChI=1S/C17H23ClN2O2/c1-12(2)20(3)9-5-4-8-19-17(21)16-11-13-10-14(18)6-7-15(13)22-16/h6-7,10-12H,4-5,8-9H2,1-3H3,(H,19,21). The lowest BCUT2D eigenvalue weighted by Crippen LogP contribution is -2.28. The van der Waals surface area contributed by atoms with Gasteiger partial charge in [-0.1, -0.05) is 11.6 Å². The Morgan fingerprint density at radius 2 is 2.09 bits per heavy atom. The second-order valence-corrected chi connectivity index (χ2v) is 6.27. The SMILES string of the molecule is CC(C)N(C)CCCCNC(=O)c1cc2cc(Cl)ccc2o1. The lowest BCUT2D eigenvalue weighted by Gasteiger charge is -2.20. The highest BCUT2D eigenvalue weighted by Gasteiger charge is 2.12. The third-order valence-corrected chi connectivity index (χ3v) is 4.04. The van der Waals surface area contributed by atoms with Crippen molar-refractivity contribution in [2.24, 2.45) is 0 Å². The van der Waals surface area contributed by atoms with Crippen molar-refractivity contribution in [3.8, 4) is 0 Å². The first-order valence-corrected chi connectivity index (χ1v) is 8.02. The normalized spacial score (nSPS) is 11.5. The van der Waals surface area contributed by atoms with Crippen LogP contribution in [-0.2, 0) is 0 Å². The van der Waals surface area contributed by atoms with E-state index < -0.39 is 0 Å². The molecular formula is C17H23ClN2O2. The Morgan fingerprint density at radius 3 is 2.82 bits per heavy atom. The molecule has 1 aromatic heterocycles. The molecule has 0 saturated carbocycles. The van der Waals surface area contributed by atoms with Crippen LogP contribution in [0.25, 0.3) is 11.0 Å². The summed E-state index contributed by atoms with van der Waals surface area (Å²) in [7, 11) is 2.11. The molecule has 0 saturated heterocycles. The second kappa shape index (κ2) is 7.65. The van der Waals surface area contributed by atoms with Gasteiger partial charge in [-0.2, -0.15) is 0 Å². The van der Waals surface area contributed by atoms with Crippen molar-refractivity contribution in [1.29, 1.82) is 0 Å². The lowest BCUT2D eigenvalue weighted by atomic mass is 10.2. The molecule has 2 rings (SSSR count). The number of hydrogen-bond donors (Lipinski definition) is 1. The van der Waals surface area contributed by atoms with Crippen molar-refractivity contribution in [2.75, 3.05) is 20.1 Å². The maximum absolute atomic E-state index is 12.1. The van der Waals surface area contributed by atoms with Gasteiger partial charge in [-0.05, 0) is 64.5 Å². The van der Waals surface area contributed by atoms with Gasteiger partial charge in [-0.25, -0.2) is 0 Å². The predicted molar refractivity (Wildman–Crippen MR) is 90.6 cm³/mol. The van der Waals surface area contributed by atoms with Gasteiger partial charge in [0.2, 0.25) is 0 Å². The van der Waals surface area contributed by atoms with E-state index in [2.05, 4.69) is 31.1 Å². The van der Waals surface area contributed by atoms with E-state index >= 15 is 0 Å². The van der Waals surface area contributed by atoms with Gasteiger partial charge < -0.3 is 14.6 Å². The number of fused-ring (bicyclic) bond motifs is 1. The van der Waals surface area contributed by atoms with Crippen molar-refractivity contribution in [3.05, 3.63) is 35.0 Å². The van der Waals surface area contributed by atoms with Crippen molar-refractivity contribution in [2.45, 2.75) is 32.7 Å². The monoisotopic (exact) mass is 322 g/mol. The summed E-state index contributed by atoms with van der Waals surface area (Å²) in [6.45, 7) is 6.05. The molecule has 1 N–H and O–H groups in total. The van der Waals surface area contributed by atoms with Gasteiger partial charge in [-0.3, -0.25) is 4.79 Å². The number of nitrogens with zero attached hydrogens (tertiary/aromatic N) is 1. The number of amides is 1. The summed E-state index contributed by atoms with van der Waals surface area (Å²) in [4.78, 5) is 14.4. The summed E-state index contributed by atoms with van der Waals surface area (Å²) in [6.07, 6.45) is 2.01. The number of halogens is 1. The van der Waals surface area contributed by atoms with Crippen molar-refractivity contribution < 1.29 is 9.21 Å². The molecule has 0 bridgehead atoms. The molecule has 2 aromatic rings. The topological polar surface area (TPSA) is 45.5 Å². The largest absolute Gasteiger partial charge is 0.451 e. The number of furan rings is 1. The predicted octanol–water partition coefficient (Wildman–Crippen LogP) is 3.94. The Labute approximate surface area is 136 Å². The van der Waals surface area contributed by atoms with E-state index in [1.165, 1.54) is 0 Å². The molecule has 0 spiro atoms. The van der Waals surface area contributed by atoms with Gasteiger partial charge >= 0.3 is 0 Å². The van der Waals surface area contributed by atoms with Crippen LogP contribution in [0.3, 0.4) is 0 Å². The van der Waals surface area contributed by atoms with Crippen molar-refractivity contribution in [3.63, 3.8) is 0 Å². The molecule has 0 aliphatic rings. The van der Waals surface area contributed by atoms with E-state index in [0.29, 0.717) is 29.0 Å². The van der Waals surface area contributed by atoms with E-state index in [1.807, 2.05) is 0 Å².